The fourth-order valence-electron chi connectivity index (χ4n) is 5.95. The third-order valence-electron chi connectivity index (χ3n) is 8.50. The molecule has 4 atom stereocenters. The highest BCUT2D eigenvalue weighted by atomic mass is 16.7. The number of para-hydroxylation sites is 1. The number of esters is 1. The average molecular weight is 651 g/mol. The first-order valence-electron chi connectivity index (χ1n) is 15.6. The van der Waals surface area contributed by atoms with Crippen molar-refractivity contribution in [1.29, 1.82) is 0 Å². The standard InChI is InChI=1S/C37H34N2O9/c1-23(39(18-8-11-24-9-4-2-5-10-24)36(42)34-29(37(43)44)21-33(40)48-34)28(25-14-16-30-32(19-25)46-22-45-30)20-27-15-17-31(47-27)35(41)38-26-12-6-3-7-13-26/h2-17,19,23,28-29,34H,18,20-22H2,1H3,(H,38,41)(H,43,44)/t23-,28+,29?,34?/m1/s1. The number of carboxylic acids is 1. The molecule has 48 heavy (non-hydrogen) atoms. The number of ether oxygens (including phenoxy) is 3. The van der Waals surface area contributed by atoms with E-state index in [-0.39, 0.29) is 31.9 Å². The molecule has 246 valence electrons. The largest absolute Gasteiger partial charge is 0.481 e. The molecule has 2 aliphatic rings. The van der Waals surface area contributed by atoms with Crippen LogP contribution in [0.1, 0.15) is 46.7 Å². The number of carbonyl (C=O) groups excluding carboxylic acids is 3. The molecule has 0 radical (unpaired) electrons. The van der Waals surface area contributed by atoms with E-state index in [4.69, 9.17) is 18.6 Å². The van der Waals surface area contributed by atoms with Gasteiger partial charge in [0.05, 0.1) is 6.42 Å². The third kappa shape index (κ3) is 7.25. The van der Waals surface area contributed by atoms with Crippen molar-refractivity contribution in [2.45, 2.75) is 37.8 Å². The number of aliphatic carboxylic acids is 1. The molecule has 0 aliphatic carbocycles. The minimum atomic E-state index is -1.48. The van der Waals surface area contributed by atoms with E-state index in [0.717, 1.165) is 11.1 Å². The normalized spacial score (nSPS) is 17.9. The second-order valence-electron chi connectivity index (χ2n) is 11.6. The molecule has 0 bridgehead atoms. The molecule has 1 aromatic heterocycles. The van der Waals surface area contributed by atoms with Crippen LogP contribution in [0.15, 0.2) is 101 Å². The Morgan fingerprint density at radius 1 is 0.958 bits per heavy atom. The van der Waals surface area contributed by atoms with Crippen molar-refractivity contribution in [2.75, 3.05) is 18.7 Å². The van der Waals surface area contributed by atoms with Gasteiger partial charge in [-0.15, -0.1) is 0 Å². The number of benzene rings is 3. The number of furan rings is 1. The second-order valence-corrected chi connectivity index (χ2v) is 11.6. The first-order valence-corrected chi connectivity index (χ1v) is 15.6. The fourth-order valence-corrected chi connectivity index (χ4v) is 5.95. The van der Waals surface area contributed by atoms with Gasteiger partial charge in [-0.05, 0) is 54.4 Å². The lowest BCUT2D eigenvalue weighted by Crippen LogP contribution is -2.49. The first kappa shape index (κ1) is 32.1. The van der Waals surface area contributed by atoms with E-state index in [1.54, 1.807) is 30.3 Å². The van der Waals surface area contributed by atoms with Crippen LogP contribution in [-0.2, 0) is 25.5 Å². The zero-order valence-electron chi connectivity index (χ0n) is 26.1. The van der Waals surface area contributed by atoms with Gasteiger partial charge in [0.1, 0.15) is 11.7 Å². The monoisotopic (exact) mass is 650 g/mol. The molecule has 3 aromatic carbocycles. The lowest BCUT2D eigenvalue weighted by Gasteiger charge is -2.36. The molecule has 2 N–H and O–H groups in total. The zero-order chi connectivity index (χ0) is 33.6. The Labute approximate surface area is 276 Å². The summed E-state index contributed by atoms with van der Waals surface area (Å²) in [7, 11) is 0. The average Bonchev–Trinajstić information content (AvgIpc) is 3.86. The predicted octanol–water partition coefficient (Wildman–Crippen LogP) is 5.53. The summed E-state index contributed by atoms with van der Waals surface area (Å²) in [6, 6.07) is 26.8. The minimum Gasteiger partial charge on any atom is -0.481 e. The van der Waals surface area contributed by atoms with Gasteiger partial charge in [-0.3, -0.25) is 19.2 Å². The first-order chi connectivity index (χ1) is 23.3. The number of carboxylic acid groups (broad SMARTS) is 1. The summed E-state index contributed by atoms with van der Waals surface area (Å²) < 4.78 is 22.5. The van der Waals surface area contributed by atoms with E-state index in [9.17, 15) is 24.3 Å². The Kier molecular flexibility index (Phi) is 9.56. The van der Waals surface area contributed by atoms with Crippen molar-refractivity contribution < 1.29 is 42.9 Å². The van der Waals surface area contributed by atoms with Gasteiger partial charge in [0.25, 0.3) is 11.8 Å². The maximum atomic E-state index is 14.2. The fraction of sp³-hybridized carbons (Fsp3) is 0.243. The predicted molar refractivity (Wildman–Crippen MR) is 174 cm³/mol. The summed E-state index contributed by atoms with van der Waals surface area (Å²) in [6.45, 7) is 2.02. The van der Waals surface area contributed by atoms with Gasteiger partial charge in [-0.1, -0.05) is 66.7 Å². The van der Waals surface area contributed by atoms with E-state index in [2.05, 4.69) is 5.32 Å². The van der Waals surface area contributed by atoms with Crippen LogP contribution in [0.3, 0.4) is 0 Å². The van der Waals surface area contributed by atoms with Gasteiger partial charge in [0.15, 0.2) is 23.4 Å². The van der Waals surface area contributed by atoms with Crippen LogP contribution in [0.25, 0.3) is 6.08 Å². The maximum Gasteiger partial charge on any atom is 0.311 e. The molecular formula is C37H34N2O9. The van der Waals surface area contributed by atoms with Gasteiger partial charge in [-0.25, -0.2) is 0 Å². The van der Waals surface area contributed by atoms with Gasteiger partial charge < -0.3 is 34.0 Å². The van der Waals surface area contributed by atoms with Crippen LogP contribution < -0.4 is 14.8 Å². The smallest absolute Gasteiger partial charge is 0.311 e. The molecule has 4 aromatic rings. The Morgan fingerprint density at radius 3 is 2.44 bits per heavy atom. The van der Waals surface area contributed by atoms with E-state index >= 15 is 0 Å². The lowest BCUT2D eigenvalue weighted by atomic mass is 9.86. The van der Waals surface area contributed by atoms with Crippen molar-refractivity contribution in [3.63, 3.8) is 0 Å². The van der Waals surface area contributed by atoms with Gasteiger partial charge in [0, 0.05) is 30.6 Å². The topological polar surface area (TPSA) is 145 Å². The molecule has 2 unspecified atom stereocenters. The Bertz CT molecular complexity index is 1820. The van der Waals surface area contributed by atoms with Crippen LogP contribution in [0.2, 0.25) is 0 Å². The van der Waals surface area contributed by atoms with E-state index in [0.29, 0.717) is 22.9 Å². The Morgan fingerprint density at radius 2 is 1.69 bits per heavy atom. The van der Waals surface area contributed by atoms with Crippen LogP contribution >= 0.6 is 0 Å². The summed E-state index contributed by atoms with van der Waals surface area (Å²) in [6.07, 6.45) is 2.07. The number of rotatable bonds is 12. The molecule has 0 spiro atoms. The van der Waals surface area contributed by atoms with Crippen molar-refractivity contribution in [3.8, 4) is 11.5 Å². The van der Waals surface area contributed by atoms with Crippen LogP contribution in [0.5, 0.6) is 11.5 Å². The van der Waals surface area contributed by atoms with Gasteiger partial charge >= 0.3 is 11.9 Å². The van der Waals surface area contributed by atoms with Crippen LogP contribution in [-0.4, -0.2) is 59.2 Å². The molecule has 1 saturated heterocycles. The molecule has 2 aliphatic heterocycles. The quantitative estimate of drug-likeness (QED) is 0.189. The number of anilines is 1. The summed E-state index contributed by atoms with van der Waals surface area (Å²) >= 11 is 0. The summed E-state index contributed by atoms with van der Waals surface area (Å²) in [4.78, 5) is 52.9. The Balaban J connectivity index is 1.32. The summed E-state index contributed by atoms with van der Waals surface area (Å²) in [5.41, 5.74) is 2.33. The molecule has 3 heterocycles. The van der Waals surface area contributed by atoms with Crippen molar-refractivity contribution in [1.82, 2.24) is 4.90 Å². The number of carbonyl (C=O) groups is 4. The third-order valence-corrected chi connectivity index (χ3v) is 8.50. The Hall–Kier alpha value is -5.84. The number of fused-ring (bicyclic) bond motifs is 1. The van der Waals surface area contributed by atoms with E-state index < -0.39 is 47.7 Å². The molecule has 0 saturated carbocycles. The molecule has 6 rings (SSSR count). The highest BCUT2D eigenvalue weighted by Crippen LogP contribution is 2.38. The molecule has 2 amide bonds. The van der Waals surface area contributed by atoms with E-state index in [1.807, 2.05) is 79.7 Å². The maximum absolute atomic E-state index is 14.2. The zero-order valence-corrected chi connectivity index (χ0v) is 26.1. The molecular weight excluding hydrogens is 616 g/mol. The molecule has 1 fully saturated rings. The number of hydrogen-bond donors (Lipinski definition) is 2. The highest BCUT2D eigenvalue weighted by molar-refractivity contribution is 6.02. The number of cyclic esters (lactones) is 1. The lowest BCUT2D eigenvalue weighted by molar-refractivity contribution is -0.158. The summed E-state index contributed by atoms with van der Waals surface area (Å²) in [5.74, 6) is -3.06. The van der Waals surface area contributed by atoms with Gasteiger partial charge in [0.2, 0.25) is 6.79 Å². The van der Waals surface area contributed by atoms with Gasteiger partial charge in [-0.2, -0.15) is 0 Å². The van der Waals surface area contributed by atoms with E-state index in [1.165, 1.54) is 4.90 Å². The second kappa shape index (κ2) is 14.3. The minimum absolute atomic E-state index is 0.0790. The van der Waals surface area contributed by atoms with Crippen molar-refractivity contribution in [3.05, 3.63) is 120 Å². The number of hydrogen-bond acceptors (Lipinski definition) is 8. The van der Waals surface area contributed by atoms with Crippen LogP contribution in [0.4, 0.5) is 5.69 Å². The van der Waals surface area contributed by atoms with Crippen LogP contribution in [0, 0.1) is 5.92 Å². The number of nitrogens with one attached hydrogen (secondary N) is 1. The SMILES string of the molecule is C[C@H]([C@H](Cc1ccc(C(=O)Nc2ccccc2)o1)c1ccc2c(c1)OCO2)N(CC=Cc1ccccc1)C(=O)C1OC(=O)CC1C(=O)O. The molecule has 11 nitrogen and oxygen atoms in total. The van der Waals surface area contributed by atoms with Crippen molar-refractivity contribution >= 4 is 35.5 Å². The highest BCUT2D eigenvalue weighted by Gasteiger charge is 2.47. The summed E-state index contributed by atoms with van der Waals surface area (Å²) in [5, 5.41) is 12.6. The van der Waals surface area contributed by atoms with Crippen molar-refractivity contribution in [2.24, 2.45) is 5.92 Å². The molecule has 11 heteroatoms. The number of amides is 2. The number of nitrogens with zero attached hydrogens (tertiary/aromatic N) is 1.